The van der Waals surface area contributed by atoms with Gasteiger partial charge in [0.25, 0.3) is 0 Å². The van der Waals surface area contributed by atoms with Gasteiger partial charge in [0, 0.05) is 6.54 Å². The van der Waals surface area contributed by atoms with Crippen molar-refractivity contribution in [1.29, 1.82) is 5.26 Å². The molecule has 0 atom stereocenters. The molecule has 0 aromatic heterocycles. The van der Waals surface area contributed by atoms with Crippen LogP contribution in [0.1, 0.15) is 18.4 Å². The molecule has 0 radical (unpaired) electrons. The Labute approximate surface area is 107 Å². The molecule has 3 nitrogen and oxygen atoms in total. The van der Waals surface area contributed by atoms with Gasteiger partial charge in [0.2, 0.25) is 0 Å². The van der Waals surface area contributed by atoms with Gasteiger partial charge in [-0.3, -0.25) is 0 Å². The van der Waals surface area contributed by atoms with Crippen LogP contribution >= 0.6 is 0 Å². The van der Waals surface area contributed by atoms with Crippen LogP contribution in [0.3, 0.4) is 0 Å². The van der Waals surface area contributed by atoms with Crippen molar-refractivity contribution in [3.8, 4) is 6.07 Å². The minimum absolute atomic E-state index is 0.364. The first-order valence-corrected chi connectivity index (χ1v) is 6.31. The fourth-order valence-corrected chi connectivity index (χ4v) is 2.28. The first-order chi connectivity index (χ1) is 8.69. The summed E-state index contributed by atoms with van der Waals surface area (Å²) in [4.78, 5) is 2.33. The number of rotatable bonds is 3. The molecule has 0 aliphatic carbocycles. The van der Waals surface area contributed by atoms with E-state index >= 15 is 0 Å². The molecule has 96 valence electrons. The average Bonchev–Trinajstić information content (AvgIpc) is 2.39. The molecule has 0 spiro atoms. The van der Waals surface area contributed by atoms with E-state index in [2.05, 4.69) is 17.3 Å². The minimum atomic E-state index is -0.364. The standard InChI is InChI=1S/C14H18FN3/c1-18-6-4-11(5-7-18)10-17-14-3-2-13(15)8-12(14)9-16/h2-3,8,11,17H,4-7,10H2,1H3. The van der Waals surface area contributed by atoms with Crippen LogP contribution in [0, 0.1) is 23.1 Å². The van der Waals surface area contributed by atoms with E-state index in [4.69, 9.17) is 5.26 Å². The van der Waals surface area contributed by atoms with Gasteiger partial charge in [0.05, 0.1) is 11.3 Å². The van der Waals surface area contributed by atoms with Gasteiger partial charge in [-0.25, -0.2) is 4.39 Å². The Bertz CT molecular complexity index is 445. The van der Waals surface area contributed by atoms with Crippen molar-refractivity contribution in [3.63, 3.8) is 0 Å². The molecular weight excluding hydrogens is 229 g/mol. The first kappa shape index (κ1) is 12.8. The average molecular weight is 247 g/mol. The number of piperidine rings is 1. The fraction of sp³-hybridized carbons (Fsp3) is 0.500. The highest BCUT2D eigenvalue weighted by molar-refractivity contribution is 5.57. The number of likely N-dealkylation sites (tertiary alicyclic amines) is 1. The van der Waals surface area contributed by atoms with E-state index in [-0.39, 0.29) is 5.82 Å². The molecule has 2 rings (SSSR count). The lowest BCUT2D eigenvalue weighted by atomic mass is 9.97. The van der Waals surface area contributed by atoms with E-state index in [1.165, 1.54) is 25.0 Å². The highest BCUT2D eigenvalue weighted by Gasteiger charge is 2.16. The van der Waals surface area contributed by atoms with E-state index in [1.807, 2.05) is 6.07 Å². The Morgan fingerprint density at radius 1 is 1.44 bits per heavy atom. The van der Waals surface area contributed by atoms with Crippen molar-refractivity contribution in [2.24, 2.45) is 5.92 Å². The molecule has 1 aliphatic heterocycles. The van der Waals surface area contributed by atoms with Gasteiger partial charge in [-0.1, -0.05) is 0 Å². The third-order valence-corrected chi connectivity index (χ3v) is 3.52. The maximum atomic E-state index is 13.0. The smallest absolute Gasteiger partial charge is 0.124 e. The molecule has 0 saturated carbocycles. The predicted molar refractivity (Wildman–Crippen MR) is 69.8 cm³/mol. The Balaban J connectivity index is 1.92. The maximum Gasteiger partial charge on any atom is 0.124 e. The fourth-order valence-electron chi connectivity index (χ4n) is 2.28. The summed E-state index contributed by atoms with van der Waals surface area (Å²) in [6.07, 6.45) is 2.35. The van der Waals surface area contributed by atoms with Crippen LogP contribution in [0.15, 0.2) is 18.2 Å². The highest BCUT2D eigenvalue weighted by Crippen LogP contribution is 2.20. The second kappa shape index (κ2) is 5.83. The van der Waals surface area contributed by atoms with Crippen molar-refractivity contribution in [1.82, 2.24) is 4.90 Å². The van der Waals surface area contributed by atoms with Gasteiger partial charge in [0.1, 0.15) is 11.9 Å². The Kier molecular flexibility index (Phi) is 4.16. The molecule has 0 unspecified atom stereocenters. The number of anilines is 1. The zero-order chi connectivity index (χ0) is 13.0. The summed E-state index contributed by atoms with van der Waals surface area (Å²) in [5, 5.41) is 12.2. The van der Waals surface area contributed by atoms with Crippen molar-refractivity contribution in [2.75, 3.05) is 32.0 Å². The van der Waals surface area contributed by atoms with Crippen LogP contribution in [0.4, 0.5) is 10.1 Å². The number of halogens is 1. The molecule has 18 heavy (non-hydrogen) atoms. The van der Waals surface area contributed by atoms with Gasteiger partial charge in [-0.05, 0) is 57.1 Å². The lowest BCUT2D eigenvalue weighted by Gasteiger charge is -2.29. The van der Waals surface area contributed by atoms with Crippen LogP contribution in [-0.4, -0.2) is 31.6 Å². The van der Waals surface area contributed by atoms with Crippen LogP contribution in [-0.2, 0) is 0 Å². The van der Waals surface area contributed by atoms with Crippen LogP contribution in [0.5, 0.6) is 0 Å². The molecule has 0 amide bonds. The molecule has 1 aromatic carbocycles. The largest absolute Gasteiger partial charge is 0.384 e. The molecule has 1 fully saturated rings. The number of hydrogen-bond donors (Lipinski definition) is 1. The molecule has 4 heteroatoms. The van der Waals surface area contributed by atoms with E-state index < -0.39 is 0 Å². The summed E-state index contributed by atoms with van der Waals surface area (Å²) in [5.74, 6) is 0.272. The van der Waals surface area contributed by atoms with Gasteiger partial charge < -0.3 is 10.2 Å². The zero-order valence-corrected chi connectivity index (χ0v) is 10.6. The Hall–Kier alpha value is -1.60. The Morgan fingerprint density at radius 3 is 2.83 bits per heavy atom. The topological polar surface area (TPSA) is 39.1 Å². The third-order valence-electron chi connectivity index (χ3n) is 3.52. The van der Waals surface area contributed by atoms with Crippen molar-refractivity contribution < 1.29 is 4.39 Å². The van der Waals surface area contributed by atoms with Crippen LogP contribution in [0.25, 0.3) is 0 Å². The van der Waals surface area contributed by atoms with Gasteiger partial charge in [-0.15, -0.1) is 0 Å². The summed E-state index contributed by atoms with van der Waals surface area (Å²) in [6, 6.07) is 6.32. The first-order valence-electron chi connectivity index (χ1n) is 6.31. The van der Waals surface area contributed by atoms with Crippen LogP contribution < -0.4 is 5.32 Å². The molecule has 0 bridgehead atoms. The van der Waals surface area contributed by atoms with E-state index in [1.54, 1.807) is 6.07 Å². The highest BCUT2D eigenvalue weighted by atomic mass is 19.1. The second-order valence-electron chi connectivity index (χ2n) is 4.93. The maximum absolute atomic E-state index is 13.0. The summed E-state index contributed by atoms with van der Waals surface area (Å²) in [5.41, 5.74) is 1.11. The summed E-state index contributed by atoms with van der Waals surface area (Å²) < 4.78 is 13.0. The summed E-state index contributed by atoms with van der Waals surface area (Å²) in [6.45, 7) is 3.11. The van der Waals surface area contributed by atoms with Crippen molar-refractivity contribution in [2.45, 2.75) is 12.8 Å². The summed E-state index contributed by atoms with van der Waals surface area (Å²) >= 11 is 0. The number of nitrogens with one attached hydrogen (secondary N) is 1. The molecule has 1 aromatic rings. The quantitative estimate of drug-likeness (QED) is 0.891. The number of hydrogen-bond acceptors (Lipinski definition) is 3. The van der Waals surface area contributed by atoms with E-state index in [0.29, 0.717) is 11.5 Å². The number of nitriles is 1. The molecule has 1 heterocycles. The van der Waals surface area contributed by atoms with Gasteiger partial charge in [-0.2, -0.15) is 5.26 Å². The predicted octanol–water partition coefficient (Wildman–Crippen LogP) is 2.45. The number of nitrogens with zero attached hydrogens (tertiary/aromatic N) is 2. The van der Waals surface area contributed by atoms with E-state index in [0.717, 1.165) is 25.3 Å². The molecular formula is C14H18FN3. The monoisotopic (exact) mass is 247 g/mol. The van der Waals surface area contributed by atoms with Gasteiger partial charge in [0.15, 0.2) is 0 Å². The Morgan fingerprint density at radius 2 is 2.17 bits per heavy atom. The molecule has 1 saturated heterocycles. The molecule has 1 aliphatic rings. The molecule has 1 N–H and O–H groups in total. The summed E-state index contributed by atoms with van der Waals surface area (Å²) in [7, 11) is 2.14. The van der Waals surface area contributed by atoms with Crippen molar-refractivity contribution in [3.05, 3.63) is 29.6 Å². The second-order valence-corrected chi connectivity index (χ2v) is 4.93. The number of benzene rings is 1. The van der Waals surface area contributed by atoms with E-state index in [9.17, 15) is 4.39 Å². The zero-order valence-electron chi connectivity index (χ0n) is 10.6. The van der Waals surface area contributed by atoms with Gasteiger partial charge >= 0.3 is 0 Å². The third kappa shape index (κ3) is 3.21. The lowest BCUT2D eigenvalue weighted by molar-refractivity contribution is 0.226. The van der Waals surface area contributed by atoms with Crippen molar-refractivity contribution >= 4 is 5.69 Å². The normalized spacial score (nSPS) is 17.4. The lowest BCUT2D eigenvalue weighted by Crippen LogP contribution is -2.33. The minimum Gasteiger partial charge on any atom is -0.384 e. The SMILES string of the molecule is CN1CCC(CNc2ccc(F)cc2C#N)CC1. The van der Waals surface area contributed by atoms with Crippen LogP contribution in [0.2, 0.25) is 0 Å².